The lowest BCUT2D eigenvalue weighted by molar-refractivity contribution is 0.0221. The predicted molar refractivity (Wildman–Crippen MR) is 112 cm³/mol. The summed E-state index contributed by atoms with van der Waals surface area (Å²) in [6.45, 7) is 4.19. The molecule has 29 heavy (non-hydrogen) atoms. The van der Waals surface area contributed by atoms with Crippen molar-refractivity contribution in [1.29, 1.82) is 0 Å². The molecular formula is C21H20ClN5O2. The van der Waals surface area contributed by atoms with Gasteiger partial charge in [-0.15, -0.1) is 0 Å². The van der Waals surface area contributed by atoms with Crippen molar-refractivity contribution >= 4 is 34.2 Å². The van der Waals surface area contributed by atoms with Gasteiger partial charge >= 0.3 is 0 Å². The van der Waals surface area contributed by atoms with Gasteiger partial charge in [0.25, 0.3) is 6.01 Å². The average molecular weight is 410 g/mol. The standard InChI is InChI=1S/C21H20ClN5O2/c22-17-3-1-15(2-4-17)20-13-23-21(29-20)25-18-5-6-19-16(11-18)12-24-27(19)14-26-7-9-28-10-8-26/h1-6,11-13H,7-10,14H2,(H,23,25). The Morgan fingerprint density at radius 3 is 2.69 bits per heavy atom. The quantitative estimate of drug-likeness (QED) is 0.527. The highest BCUT2D eigenvalue weighted by Gasteiger charge is 2.13. The van der Waals surface area contributed by atoms with Crippen LogP contribution in [0, 0.1) is 0 Å². The minimum atomic E-state index is 0.440. The SMILES string of the molecule is Clc1ccc(-c2cnc(Nc3ccc4c(cnn4CN4CCOCC4)c3)o2)cc1. The number of anilines is 2. The Labute approximate surface area is 172 Å². The third-order valence-corrected chi connectivity index (χ3v) is 5.22. The first-order valence-corrected chi connectivity index (χ1v) is 9.87. The van der Waals surface area contributed by atoms with Crippen LogP contribution in [0.15, 0.2) is 59.3 Å². The van der Waals surface area contributed by atoms with Crippen LogP contribution in [0.1, 0.15) is 0 Å². The van der Waals surface area contributed by atoms with Crippen molar-refractivity contribution in [3.8, 4) is 11.3 Å². The van der Waals surface area contributed by atoms with Crippen LogP contribution in [0.4, 0.5) is 11.7 Å². The van der Waals surface area contributed by atoms with E-state index < -0.39 is 0 Å². The Morgan fingerprint density at radius 2 is 1.86 bits per heavy atom. The van der Waals surface area contributed by atoms with Crippen LogP contribution in [-0.2, 0) is 11.4 Å². The summed E-state index contributed by atoms with van der Waals surface area (Å²) in [5.74, 6) is 0.684. The summed E-state index contributed by atoms with van der Waals surface area (Å²) in [7, 11) is 0. The van der Waals surface area contributed by atoms with Crippen molar-refractivity contribution < 1.29 is 9.15 Å². The smallest absolute Gasteiger partial charge is 0.299 e. The summed E-state index contributed by atoms with van der Waals surface area (Å²) in [5.41, 5.74) is 2.92. The molecule has 2 aromatic heterocycles. The molecule has 0 unspecified atom stereocenters. The number of hydrogen-bond donors (Lipinski definition) is 1. The molecule has 0 bridgehead atoms. The number of benzene rings is 2. The van der Waals surface area contributed by atoms with Crippen molar-refractivity contribution in [2.24, 2.45) is 0 Å². The first-order chi connectivity index (χ1) is 14.2. The maximum Gasteiger partial charge on any atom is 0.299 e. The van der Waals surface area contributed by atoms with E-state index in [0.717, 1.165) is 55.1 Å². The lowest BCUT2D eigenvalue weighted by atomic mass is 10.2. The second-order valence-corrected chi connectivity index (χ2v) is 7.39. The van der Waals surface area contributed by atoms with E-state index in [1.54, 1.807) is 6.20 Å². The number of oxazole rings is 1. The topological polar surface area (TPSA) is 68.4 Å². The van der Waals surface area contributed by atoms with E-state index >= 15 is 0 Å². The molecule has 1 aliphatic heterocycles. The van der Waals surface area contributed by atoms with E-state index in [1.807, 2.05) is 47.3 Å². The molecule has 8 heteroatoms. The van der Waals surface area contributed by atoms with Gasteiger partial charge < -0.3 is 14.5 Å². The monoisotopic (exact) mass is 409 g/mol. The Hall–Kier alpha value is -2.87. The number of nitrogens with one attached hydrogen (secondary N) is 1. The Morgan fingerprint density at radius 1 is 1.03 bits per heavy atom. The van der Waals surface area contributed by atoms with Gasteiger partial charge in [0, 0.05) is 34.7 Å². The molecule has 2 aromatic carbocycles. The van der Waals surface area contributed by atoms with Crippen molar-refractivity contribution in [3.05, 3.63) is 59.9 Å². The maximum atomic E-state index is 5.94. The predicted octanol–water partition coefficient (Wildman–Crippen LogP) is 4.38. The first-order valence-electron chi connectivity index (χ1n) is 9.49. The second-order valence-electron chi connectivity index (χ2n) is 6.95. The molecule has 0 atom stereocenters. The number of fused-ring (bicyclic) bond motifs is 1. The van der Waals surface area contributed by atoms with Gasteiger partial charge in [-0.1, -0.05) is 11.6 Å². The van der Waals surface area contributed by atoms with Crippen LogP contribution in [-0.4, -0.2) is 46.0 Å². The van der Waals surface area contributed by atoms with Crippen molar-refractivity contribution in [3.63, 3.8) is 0 Å². The highest BCUT2D eigenvalue weighted by molar-refractivity contribution is 6.30. The van der Waals surface area contributed by atoms with Crippen molar-refractivity contribution in [2.45, 2.75) is 6.67 Å². The number of halogens is 1. The summed E-state index contributed by atoms with van der Waals surface area (Å²) < 4.78 is 13.3. The molecule has 7 nitrogen and oxygen atoms in total. The molecule has 4 aromatic rings. The van der Waals surface area contributed by atoms with Gasteiger partial charge in [0.05, 0.1) is 37.8 Å². The number of nitrogens with zero attached hydrogens (tertiary/aromatic N) is 4. The zero-order chi connectivity index (χ0) is 19.6. The Kier molecular flexibility index (Phi) is 4.93. The molecule has 0 spiro atoms. The third-order valence-electron chi connectivity index (χ3n) is 4.97. The molecule has 0 aliphatic carbocycles. The van der Waals surface area contributed by atoms with Gasteiger partial charge in [0.2, 0.25) is 0 Å². The molecule has 5 rings (SSSR count). The summed E-state index contributed by atoms with van der Waals surface area (Å²) in [4.78, 5) is 6.66. The van der Waals surface area contributed by atoms with Crippen LogP contribution in [0.3, 0.4) is 0 Å². The zero-order valence-electron chi connectivity index (χ0n) is 15.7. The van der Waals surface area contributed by atoms with Gasteiger partial charge in [-0.25, -0.2) is 4.98 Å². The minimum Gasteiger partial charge on any atom is -0.423 e. The fourth-order valence-electron chi connectivity index (χ4n) is 3.41. The van der Waals surface area contributed by atoms with Gasteiger partial charge in [-0.3, -0.25) is 9.58 Å². The van der Waals surface area contributed by atoms with Gasteiger partial charge in [0.15, 0.2) is 5.76 Å². The second kappa shape index (κ2) is 7.87. The molecule has 1 saturated heterocycles. The van der Waals surface area contributed by atoms with Crippen LogP contribution < -0.4 is 5.32 Å². The number of hydrogen-bond acceptors (Lipinski definition) is 6. The van der Waals surface area contributed by atoms with E-state index in [9.17, 15) is 0 Å². The lowest BCUT2D eigenvalue weighted by Gasteiger charge is -2.26. The van der Waals surface area contributed by atoms with Crippen LogP contribution in [0.5, 0.6) is 0 Å². The largest absolute Gasteiger partial charge is 0.423 e. The van der Waals surface area contributed by atoms with E-state index in [4.69, 9.17) is 20.8 Å². The molecule has 0 radical (unpaired) electrons. The zero-order valence-corrected chi connectivity index (χ0v) is 16.5. The number of rotatable bonds is 5. The summed E-state index contributed by atoms with van der Waals surface area (Å²) in [5, 5.41) is 9.52. The molecule has 1 fully saturated rings. The maximum absolute atomic E-state index is 5.94. The van der Waals surface area contributed by atoms with Gasteiger partial charge in [-0.2, -0.15) is 5.10 Å². The Bertz CT molecular complexity index is 1120. The van der Waals surface area contributed by atoms with Crippen LogP contribution >= 0.6 is 11.6 Å². The molecule has 1 aliphatic rings. The fourth-order valence-corrected chi connectivity index (χ4v) is 3.54. The highest BCUT2D eigenvalue weighted by atomic mass is 35.5. The molecular weight excluding hydrogens is 390 g/mol. The molecule has 0 saturated carbocycles. The summed E-state index contributed by atoms with van der Waals surface area (Å²) >= 11 is 5.94. The van der Waals surface area contributed by atoms with E-state index in [-0.39, 0.29) is 0 Å². The highest BCUT2D eigenvalue weighted by Crippen LogP contribution is 2.27. The lowest BCUT2D eigenvalue weighted by Crippen LogP contribution is -2.37. The molecule has 3 heterocycles. The normalized spacial score (nSPS) is 15.1. The van der Waals surface area contributed by atoms with Crippen molar-refractivity contribution in [2.75, 3.05) is 31.6 Å². The summed E-state index contributed by atoms with van der Waals surface area (Å²) in [6, 6.07) is 14.0. The number of morpholine rings is 1. The third kappa shape index (κ3) is 3.98. The average Bonchev–Trinajstić information content (AvgIpc) is 3.37. The first kappa shape index (κ1) is 18.2. The van der Waals surface area contributed by atoms with E-state index in [1.165, 1.54) is 0 Å². The van der Waals surface area contributed by atoms with Gasteiger partial charge in [0.1, 0.15) is 0 Å². The van der Waals surface area contributed by atoms with Crippen LogP contribution in [0.25, 0.3) is 22.2 Å². The van der Waals surface area contributed by atoms with E-state index in [0.29, 0.717) is 16.8 Å². The van der Waals surface area contributed by atoms with Gasteiger partial charge in [-0.05, 0) is 42.5 Å². The Balaban J connectivity index is 1.31. The molecule has 0 amide bonds. The number of ether oxygens (including phenoxy) is 1. The van der Waals surface area contributed by atoms with E-state index in [2.05, 4.69) is 26.4 Å². The minimum absolute atomic E-state index is 0.440. The molecule has 1 N–H and O–H groups in total. The molecule has 148 valence electrons. The fraction of sp³-hybridized carbons (Fsp3) is 0.238. The number of aromatic nitrogens is 3. The van der Waals surface area contributed by atoms with Crippen molar-refractivity contribution in [1.82, 2.24) is 19.7 Å². The summed E-state index contributed by atoms with van der Waals surface area (Å²) in [6.07, 6.45) is 3.58. The van der Waals surface area contributed by atoms with Crippen LogP contribution in [0.2, 0.25) is 5.02 Å².